The summed E-state index contributed by atoms with van der Waals surface area (Å²) in [4.78, 5) is 21.4. The number of benzene rings is 1. The van der Waals surface area contributed by atoms with Crippen LogP contribution in [0.25, 0.3) is 28.3 Å². The second-order valence-corrected chi connectivity index (χ2v) is 7.39. The first-order valence-corrected chi connectivity index (χ1v) is 9.82. The standard InChI is InChI=1S/C18H12Cl2N4O2S/c1-9-6-10(19)7-11-15(9)22-17(26-18(11)25)13-8-14(27-2)23-24(13)16-12(20)4-3-5-21-16/h3-8H,1-2H3. The summed E-state index contributed by atoms with van der Waals surface area (Å²) in [5, 5.41) is 6.41. The van der Waals surface area contributed by atoms with Crippen molar-refractivity contribution in [2.75, 3.05) is 6.26 Å². The largest absolute Gasteiger partial charge is 0.401 e. The maximum Gasteiger partial charge on any atom is 0.347 e. The van der Waals surface area contributed by atoms with E-state index in [0.29, 0.717) is 37.5 Å². The van der Waals surface area contributed by atoms with Crippen molar-refractivity contribution in [3.63, 3.8) is 0 Å². The van der Waals surface area contributed by atoms with Gasteiger partial charge in [-0.15, -0.1) is 11.8 Å². The molecule has 0 radical (unpaired) electrons. The molecule has 9 heteroatoms. The van der Waals surface area contributed by atoms with Gasteiger partial charge in [-0.25, -0.2) is 19.4 Å². The van der Waals surface area contributed by atoms with Gasteiger partial charge in [0.1, 0.15) is 10.7 Å². The van der Waals surface area contributed by atoms with Gasteiger partial charge in [-0.2, -0.15) is 5.10 Å². The molecule has 0 aliphatic heterocycles. The highest BCUT2D eigenvalue weighted by molar-refractivity contribution is 7.98. The SMILES string of the molecule is CSc1cc(-c2nc3c(C)cc(Cl)cc3c(=O)o2)n(-c2ncccc2Cl)n1. The molecule has 0 aliphatic rings. The molecule has 4 aromatic rings. The molecule has 0 fully saturated rings. The van der Waals surface area contributed by atoms with Crippen molar-refractivity contribution in [2.45, 2.75) is 11.9 Å². The maximum absolute atomic E-state index is 12.5. The molecule has 0 atom stereocenters. The molecule has 0 N–H and O–H groups in total. The molecule has 0 bridgehead atoms. The van der Waals surface area contributed by atoms with Gasteiger partial charge < -0.3 is 4.42 Å². The van der Waals surface area contributed by atoms with E-state index >= 15 is 0 Å². The highest BCUT2D eigenvalue weighted by Gasteiger charge is 2.19. The van der Waals surface area contributed by atoms with Gasteiger partial charge in [-0.1, -0.05) is 23.2 Å². The van der Waals surface area contributed by atoms with Crippen LogP contribution in [0.2, 0.25) is 10.0 Å². The van der Waals surface area contributed by atoms with E-state index in [9.17, 15) is 4.79 Å². The fraction of sp³-hybridized carbons (Fsp3) is 0.111. The maximum atomic E-state index is 12.5. The second kappa shape index (κ2) is 6.99. The molecule has 4 rings (SSSR count). The Balaban J connectivity index is 2.01. The van der Waals surface area contributed by atoms with Gasteiger partial charge in [0.05, 0.1) is 15.9 Å². The number of fused-ring (bicyclic) bond motifs is 1. The lowest BCUT2D eigenvalue weighted by atomic mass is 10.1. The van der Waals surface area contributed by atoms with Crippen LogP contribution in [0.15, 0.2) is 50.8 Å². The van der Waals surface area contributed by atoms with Crippen molar-refractivity contribution in [1.29, 1.82) is 0 Å². The Labute approximate surface area is 168 Å². The number of thioether (sulfide) groups is 1. The minimum atomic E-state index is -0.522. The number of aromatic nitrogens is 4. The third-order valence-corrected chi connectivity index (χ3v) is 5.07. The normalized spacial score (nSPS) is 11.3. The number of halogens is 2. The Morgan fingerprint density at radius 3 is 2.78 bits per heavy atom. The van der Waals surface area contributed by atoms with E-state index in [-0.39, 0.29) is 5.89 Å². The van der Waals surface area contributed by atoms with Gasteiger partial charge in [0, 0.05) is 17.3 Å². The van der Waals surface area contributed by atoms with E-state index in [1.54, 1.807) is 36.5 Å². The van der Waals surface area contributed by atoms with E-state index in [1.807, 2.05) is 13.2 Å². The van der Waals surface area contributed by atoms with Crippen LogP contribution in [-0.2, 0) is 0 Å². The quantitative estimate of drug-likeness (QED) is 0.446. The molecule has 3 aromatic heterocycles. The van der Waals surface area contributed by atoms with Crippen molar-refractivity contribution in [2.24, 2.45) is 0 Å². The molecular formula is C18H12Cl2N4O2S. The van der Waals surface area contributed by atoms with Gasteiger partial charge >= 0.3 is 5.63 Å². The fourth-order valence-corrected chi connectivity index (χ4v) is 3.59. The summed E-state index contributed by atoms with van der Waals surface area (Å²) in [5.74, 6) is 0.555. The summed E-state index contributed by atoms with van der Waals surface area (Å²) in [7, 11) is 0. The third kappa shape index (κ3) is 3.22. The summed E-state index contributed by atoms with van der Waals surface area (Å²) in [6, 6.07) is 8.52. The van der Waals surface area contributed by atoms with E-state index < -0.39 is 5.63 Å². The Hall–Kier alpha value is -2.35. The molecule has 1 aromatic carbocycles. The summed E-state index contributed by atoms with van der Waals surface area (Å²) in [6.07, 6.45) is 3.51. The van der Waals surface area contributed by atoms with Crippen molar-refractivity contribution < 1.29 is 4.42 Å². The highest BCUT2D eigenvalue weighted by atomic mass is 35.5. The molecule has 0 saturated heterocycles. The zero-order chi connectivity index (χ0) is 19.1. The van der Waals surface area contributed by atoms with Crippen LogP contribution in [0.3, 0.4) is 0 Å². The van der Waals surface area contributed by atoms with E-state index in [4.69, 9.17) is 27.6 Å². The Kier molecular flexibility index (Phi) is 4.67. The molecule has 0 unspecified atom stereocenters. The number of nitrogens with zero attached hydrogens (tertiary/aromatic N) is 4. The van der Waals surface area contributed by atoms with Crippen molar-refractivity contribution in [3.8, 4) is 17.4 Å². The monoisotopic (exact) mass is 418 g/mol. The number of hydrogen-bond donors (Lipinski definition) is 0. The first-order chi connectivity index (χ1) is 13.0. The third-order valence-electron chi connectivity index (χ3n) is 3.94. The molecule has 136 valence electrons. The van der Waals surface area contributed by atoms with E-state index in [0.717, 1.165) is 5.56 Å². The molecule has 0 spiro atoms. The lowest BCUT2D eigenvalue weighted by molar-refractivity contribution is 0.513. The lowest BCUT2D eigenvalue weighted by Crippen LogP contribution is -2.08. The van der Waals surface area contributed by atoms with E-state index in [1.165, 1.54) is 16.4 Å². The summed E-state index contributed by atoms with van der Waals surface area (Å²) in [5.41, 5.74) is 1.26. The van der Waals surface area contributed by atoms with Gasteiger partial charge in [0.2, 0.25) is 5.89 Å². The molecule has 0 aliphatic carbocycles. The topological polar surface area (TPSA) is 73.8 Å². The van der Waals surface area contributed by atoms with Gasteiger partial charge in [0.15, 0.2) is 5.82 Å². The lowest BCUT2D eigenvalue weighted by Gasteiger charge is -2.08. The van der Waals surface area contributed by atoms with Crippen LogP contribution in [0.1, 0.15) is 5.56 Å². The average Bonchev–Trinajstić information content (AvgIpc) is 3.07. The van der Waals surface area contributed by atoms with Crippen molar-refractivity contribution >= 4 is 45.9 Å². The zero-order valence-electron chi connectivity index (χ0n) is 14.2. The highest BCUT2D eigenvalue weighted by Crippen LogP contribution is 2.29. The minimum Gasteiger partial charge on any atom is -0.401 e. The number of rotatable bonds is 3. The number of hydrogen-bond acceptors (Lipinski definition) is 6. The minimum absolute atomic E-state index is 0.132. The van der Waals surface area contributed by atoms with E-state index in [2.05, 4.69) is 15.1 Å². The zero-order valence-corrected chi connectivity index (χ0v) is 16.6. The van der Waals surface area contributed by atoms with Crippen LogP contribution in [0.5, 0.6) is 0 Å². The Morgan fingerprint density at radius 2 is 2.04 bits per heavy atom. The van der Waals surface area contributed by atoms with Crippen molar-refractivity contribution in [3.05, 3.63) is 62.6 Å². The van der Waals surface area contributed by atoms with Gasteiger partial charge in [-0.3, -0.25) is 0 Å². The van der Waals surface area contributed by atoms with Crippen molar-refractivity contribution in [1.82, 2.24) is 19.7 Å². The van der Waals surface area contributed by atoms with Gasteiger partial charge in [-0.05, 0) is 43.0 Å². The molecular weight excluding hydrogens is 407 g/mol. The molecule has 27 heavy (non-hydrogen) atoms. The second-order valence-electron chi connectivity index (χ2n) is 5.72. The smallest absolute Gasteiger partial charge is 0.347 e. The van der Waals surface area contributed by atoms with Crippen LogP contribution >= 0.6 is 35.0 Å². The van der Waals surface area contributed by atoms with Crippen LogP contribution < -0.4 is 5.63 Å². The summed E-state index contributed by atoms with van der Waals surface area (Å²) >= 11 is 13.8. The average molecular weight is 419 g/mol. The van der Waals surface area contributed by atoms with Crippen LogP contribution in [0, 0.1) is 6.92 Å². The predicted molar refractivity (Wildman–Crippen MR) is 107 cm³/mol. The molecule has 6 nitrogen and oxygen atoms in total. The predicted octanol–water partition coefficient (Wildman–Crippen LogP) is 4.77. The number of pyridine rings is 1. The molecule has 0 saturated carbocycles. The summed E-state index contributed by atoms with van der Waals surface area (Å²) in [6.45, 7) is 1.84. The van der Waals surface area contributed by atoms with Crippen LogP contribution in [0.4, 0.5) is 0 Å². The number of aryl methyl sites for hydroxylation is 1. The molecule has 0 amide bonds. The first kappa shape index (κ1) is 18.0. The fourth-order valence-electron chi connectivity index (χ4n) is 2.72. The first-order valence-electron chi connectivity index (χ1n) is 7.84. The Bertz CT molecular complexity index is 1240. The van der Waals surface area contributed by atoms with Gasteiger partial charge in [0.25, 0.3) is 0 Å². The molecule has 3 heterocycles. The summed E-state index contributed by atoms with van der Waals surface area (Å²) < 4.78 is 7.00. The Morgan fingerprint density at radius 1 is 1.22 bits per heavy atom. The van der Waals surface area contributed by atoms with Crippen LogP contribution in [-0.4, -0.2) is 26.0 Å².